The van der Waals surface area contributed by atoms with E-state index in [2.05, 4.69) is 17.4 Å². The number of carbonyl (C=O) groups is 1. The predicted octanol–water partition coefficient (Wildman–Crippen LogP) is 4.37. The molecule has 0 radical (unpaired) electrons. The summed E-state index contributed by atoms with van der Waals surface area (Å²) in [6.45, 7) is 3.63. The average molecular weight is 428 g/mol. The number of primary amides is 1. The molecule has 5 rings (SSSR count). The molecule has 0 aliphatic carbocycles. The van der Waals surface area contributed by atoms with Crippen LogP contribution in [0.5, 0.6) is 0 Å². The van der Waals surface area contributed by atoms with E-state index < -0.39 is 5.91 Å². The molecule has 2 aromatic carbocycles. The lowest BCUT2D eigenvalue weighted by molar-refractivity contribution is 0.100. The lowest BCUT2D eigenvalue weighted by Crippen LogP contribution is -2.11. The molecule has 0 bridgehead atoms. The quantitative estimate of drug-likeness (QED) is 0.489. The Labute approximate surface area is 185 Å². The molecule has 0 spiro atoms. The second-order valence-corrected chi connectivity index (χ2v) is 7.90. The molecule has 0 fully saturated rings. The van der Waals surface area contributed by atoms with Crippen molar-refractivity contribution in [2.24, 2.45) is 5.73 Å². The number of hydrogen-bond acceptors (Lipinski definition) is 6. The largest absolute Gasteiger partial charge is 0.460 e. The Balaban J connectivity index is 1.63. The van der Waals surface area contributed by atoms with Crippen LogP contribution in [0.4, 0.5) is 5.82 Å². The van der Waals surface area contributed by atoms with E-state index >= 15 is 0 Å². The van der Waals surface area contributed by atoms with Crippen LogP contribution in [-0.4, -0.2) is 22.5 Å². The number of fused-ring (bicyclic) bond motifs is 2. The summed E-state index contributed by atoms with van der Waals surface area (Å²) in [5.41, 5.74) is 10.2. The first-order chi connectivity index (χ1) is 15.6. The number of nitrogens with one attached hydrogen (secondary N) is 1. The lowest BCUT2D eigenvalue weighted by Gasteiger charge is -2.15. The Morgan fingerprint density at radius 3 is 2.78 bits per heavy atom. The molecule has 3 heterocycles. The second-order valence-electron chi connectivity index (χ2n) is 7.90. The van der Waals surface area contributed by atoms with E-state index in [0.717, 1.165) is 40.9 Å². The van der Waals surface area contributed by atoms with Gasteiger partial charge >= 0.3 is 0 Å². The molecule has 7 heteroatoms. The average Bonchev–Trinajstić information content (AvgIpc) is 2.96. The van der Waals surface area contributed by atoms with Crippen molar-refractivity contribution >= 4 is 22.7 Å². The summed E-state index contributed by atoms with van der Waals surface area (Å²) in [7, 11) is 0. The number of amides is 1. The number of hydrogen-bond donors (Lipinski definition) is 2. The van der Waals surface area contributed by atoms with Crippen molar-refractivity contribution < 1.29 is 13.9 Å². The molecular weight excluding hydrogens is 404 g/mol. The fraction of sp³-hybridized carbons (Fsp3) is 0.240. The van der Waals surface area contributed by atoms with Gasteiger partial charge in [-0.05, 0) is 31.4 Å². The van der Waals surface area contributed by atoms with Crippen molar-refractivity contribution in [2.75, 3.05) is 11.9 Å². The first kappa shape index (κ1) is 20.2. The molecule has 0 saturated heterocycles. The van der Waals surface area contributed by atoms with E-state index in [9.17, 15) is 4.79 Å². The number of aromatic nitrogens is 2. The van der Waals surface area contributed by atoms with Crippen LogP contribution < -0.4 is 11.1 Å². The highest BCUT2D eigenvalue weighted by Gasteiger charge is 2.23. The van der Waals surface area contributed by atoms with E-state index in [4.69, 9.17) is 24.9 Å². The first-order valence-electron chi connectivity index (χ1n) is 10.7. The van der Waals surface area contributed by atoms with Gasteiger partial charge in [0.15, 0.2) is 5.82 Å². The topological polar surface area (TPSA) is 103 Å². The fourth-order valence-corrected chi connectivity index (χ4v) is 4.18. The van der Waals surface area contributed by atoms with Gasteiger partial charge in [0.25, 0.3) is 5.91 Å². The maximum atomic E-state index is 11.9. The molecule has 0 atom stereocenters. The Morgan fingerprint density at radius 1 is 1.12 bits per heavy atom. The molecule has 2 aromatic heterocycles. The van der Waals surface area contributed by atoms with Gasteiger partial charge in [0.1, 0.15) is 17.2 Å². The third kappa shape index (κ3) is 3.71. The van der Waals surface area contributed by atoms with Gasteiger partial charge in [0.2, 0.25) is 0 Å². The summed E-state index contributed by atoms with van der Waals surface area (Å²) in [4.78, 5) is 21.7. The van der Waals surface area contributed by atoms with Gasteiger partial charge in [-0.15, -0.1) is 0 Å². The molecule has 1 aliphatic heterocycles. The number of carbonyl (C=O) groups excluding carboxylic acids is 1. The zero-order valence-electron chi connectivity index (χ0n) is 17.9. The maximum Gasteiger partial charge on any atom is 0.252 e. The van der Waals surface area contributed by atoms with Gasteiger partial charge in [-0.1, -0.05) is 42.5 Å². The van der Waals surface area contributed by atoms with Crippen LogP contribution in [0.15, 0.2) is 52.9 Å². The van der Waals surface area contributed by atoms with Crippen molar-refractivity contribution in [3.8, 4) is 11.4 Å². The van der Waals surface area contributed by atoms with Crippen LogP contribution in [0, 0.1) is 6.92 Å². The van der Waals surface area contributed by atoms with E-state index in [0.29, 0.717) is 42.5 Å². The predicted molar refractivity (Wildman–Crippen MR) is 122 cm³/mol. The van der Waals surface area contributed by atoms with E-state index in [1.165, 1.54) is 5.56 Å². The molecule has 1 aliphatic rings. The summed E-state index contributed by atoms with van der Waals surface area (Å²) in [5.74, 6) is 1.46. The van der Waals surface area contributed by atoms with Gasteiger partial charge in [0.05, 0.1) is 23.4 Å². The zero-order chi connectivity index (χ0) is 22.1. The van der Waals surface area contributed by atoms with Gasteiger partial charge < -0.3 is 20.2 Å². The van der Waals surface area contributed by atoms with Gasteiger partial charge in [-0.3, -0.25) is 4.79 Å². The molecule has 3 N–H and O–H groups in total. The summed E-state index contributed by atoms with van der Waals surface area (Å²) < 4.78 is 11.7. The molecule has 0 unspecified atom stereocenters. The third-order valence-corrected chi connectivity index (χ3v) is 5.73. The summed E-state index contributed by atoms with van der Waals surface area (Å²) in [6, 6.07) is 15.6. The Kier molecular flexibility index (Phi) is 5.33. The Bertz CT molecular complexity index is 1300. The van der Waals surface area contributed by atoms with Crippen LogP contribution in [0.3, 0.4) is 0 Å². The number of nitrogens with two attached hydrogens (primary N) is 1. The van der Waals surface area contributed by atoms with Crippen molar-refractivity contribution in [2.45, 2.75) is 32.9 Å². The smallest absolute Gasteiger partial charge is 0.252 e. The standard InChI is InChI=1S/C25H24N4O3/c1-15-21(18-9-5-10-19(23(26)30)22(18)32-15)25-28-20-14-31-12-6-11-17(20)24(29-25)27-13-16-7-3-2-4-8-16/h2-5,7-10H,6,11-14H2,1H3,(H2,26,30)(H,27,28,29). The Morgan fingerprint density at radius 2 is 1.97 bits per heavy atom. The van der Waals surface area contributed by atoms with Crippen molar-refractivity contribution in [1.29, 1.82) is 0 Å². The molecule has 0 saturated carbocycles. The fourth-order valence-electron chi connectivity index (χ4n) is 4.18. The minimum atomic E-state index is -0.530. The van der Waals surface area contributed by atoms with Crippen molar-refractivity contribution in [1.82, 2.24) is 9.97 Å². The van der Waals surface area contributed by atoms with Crippen LogP contribution >= 0.6 is 0 Å². The highest BCUT2D eigenvalue weighted by molar-refractivity contribution is 6.07. The number of anilines is 1. The van der Waals surface area contributed by atoms with Crippen molar-refractivity contribution in [3.63, 3.8) is 0 Å². The third-order valence-electron chi connectivity index (χ3n) is 5.73. The van der Waals surface area contributed by atoms with Gasteiger partial charge in [-0.2, -0.15) is 0 Å². The van der Waals surface area contributed by atoms with Crippen molar-refractivity contribution in [3.05, 3.63) is 76.7 Å². The summed E-state index contributed by atoms with van der Waals surface area (Å²) >= 11 is 0. The highest BCUT2D eigenvalue weighted by atomic mass is 16.5. The number of benzene rings is 2. The molecule has 162 valence electrons. The molecule has 32 heavy (non-hydrogen) atoms. The first-order valence-corrected chi connectivity index (χ1v) is 10.7. The molecular formula is C25H24N4O3. The Hall–Kier alpha value is -3.71. The minimum Gasteiger partial charge on any atom is -0.460 e. The normalized spacial score (nSPS) is 13.5. The van der Waals surface area contributed by atoms with Gasteiger partial charge in [0, 0.05) is 24.1 Å². The highest BCUT2D eigenvalue weighted by Crippen LogP contribution is 2.36. The molecule has 7 nitrogen and oxygen atoms in total. The number of nitrogens with zero attached hydrogens (tertiary/aromatic N) is 2. The van der Waals surface area contributed by atoms with Crippen LogP contribution in [0.2, 0.25) is 0 Å². The summed E-state index contributed by atoms with van der Waals surface area (Å²) in [5, 5.41) is 4.27. The van der Waals surface area contributed by atoms with Crippen LogP contribution in [0.1, 0.15) is 39.4 Å². The van der Waals surface area contributed by atoms with Crippen LogP contribution in [-0.2, 0) is 24.3 Å². The molecule has 1 amide bonds. The number of furan rings is 1. The minimum absolute atomic E-state index is 0.345. The maximum absolute atomic E-state index is 11.9. The SMILES string of the molecule is Cc1oc2c(C(N)=O)cccc2c1-c1nc2c(c(NCc3ccccc3)n1)CCCOC2. The number of ether oxygens (including phenoxy) is 1. The van der Waals surface area contributed by atoms with E-state index in [1.54, 1.807) is 12.1 Å². The van der Waals surface area contributed by atoms with Gasteiger partial charge in [-0.25, -0.2) is 9.97 Å². The lowest BCUT2D eigenvalue weighted by atomic mass is 10.1. The number of para-hydroxylation sites is 1. The zero-order valence-corrected chi connectivity index (χ0v) is 17.9. The summed E-state index contributed by atoms with van der Waals surface area (Å²) in [6.07, 6.45) is 1.77. The second kappa shape index (κ2) is 8.43. The van der Waals surface area contributed by atoms with E-state index in [-0.39, 0.29) is 0 Å². The number of aryl methyl sites for hydroxylation is 1. The van der Waals surface area contributed by atoms with Crippen LogP contribution in [0.25, 0.3) is 22.4 Å². The number of rotatable bonds is 5. The molecule has 4 aromatic rings. The van der Waals surface area contributed by atoms with E-state index in [1.807, 2.05) is 31.2 Å². The monoisotopic (exact) mass is 428 g/mol.